The highest BCUT2D eigenvalue weighted by Gasteiger charge is 2.33. The zero-order valence-electron chi connectivity index (χ0n) is 18.7. The van der Waals surface area contributed by atoms with Crippen molar-refractivity contribution >= 4 is 11.9 Å². The van der Waals surface area contributed by atoms with Gasteiger partial charge in [0.2, 0.25) is 0 Å². The highest BCUT2D eigenvalue weighted by molar-refractivity contribution is 6.03. The number of aromatic carboxylic acids is 2. The number of carbonyl (C=O) groups is 2. The predicted molar refractivity (Wildman–Crippen MR) is 126 cm³/mol. The molecule has 1 aromatic carbocycles. The topological polar surface area (TPSA) is 93.1 Å². The number of benzene rings is 1. The molecule has 174 valence electrons. The zero-order chi connectivity index (χ0) is 24.0. The monoisotopic (exact) mass is 442 g/mol. The molecule has 1 fully saturated rings. The van der Waals surface area contributed by atoms with Crippen molar-refractivity contribution in [2.45, 2.75) is 44.9 Å². The Morgan fingerprint density at radius 3 is 1.88 bits per heavy atom. The minimum absolute atomic E-state index is 0.165. The molecule has 1 saturated carbocycles. The first-order valence-corrected chi connectivity index (χ1v) is 10.6. The summed E-state index contributed by atoms with van der Waals surface area (Å²) >= 11 is 0. The van der Waals surface area contributed by atoms with Crippen LogP contribution in [0.2, 0.25) is 0 Å². The molecule has 0 atom stereocenters. The Balaban J connectivity index is 0.000000330. The van der Waals surface area contributed by atoms with Crippen molar-refractivity contribution < 1.29 is 29.3 Å². The SMILES string of the molecule is C=CCc1ccc(C(=O)O)c(C(=O)O)c1CC=C.C=COCC1(COC=C)CCCCC1. The highest BCUT2D eigenvalue weighted by Crippen LogP contribution is 2.37. The number of ether oxygens (including phenoxy) is 2. The molecule has 0 aromatic heterocycles. The van der Waals surface area contributed by atoms with Crippen LogP contribution in [0.25, 0.3) is 0 Å². The molecule has 2 rings (SSSR count). The van der Waals surface area contributed by atoms with Gasteiger partial charge < -0.3 is 19.7 Å². The second-order valence-electron chi connectivity index (χ2n) is 7.74. The summed E-state index contributed by atoms with van der Waals surface area (Å²) in [5.74, 6) is -2.49. The summed E-state index contributed by atoms with van der Waals surface area (Å²) in [7, 11) is 0. The van der Waals surface area contributed by atoms with E-state index in [2.05, 4.69) is 26.3 Å². The van der Waals surface area contributed by atoms with Gasteiger partial charge >= 0.3 is 11.9 Å². The minimum Gasteiger partial charge on any atom is -0.501 e. The third kappa shape index (κ3) is 7.76. The van der Waals surface area contributed by atoms with Crippen molar-refractivity contribution in [2.75, 3.05) is 13.2 Å². The van der Waals surface area contributed by atoms with Gasteiger partial charge in [0, 0.05) is 5.41 Å². The second-order valence-corrected chi connectivity index (χ2v) is 7.74. The van der Waals surface area contributed by atoms with Gasteiger partial charge in [-0.25, -0.2) is 9.59 Å². The first kappa shape index (κ1) is 26.8. The smallest absolute Gasteiger partial charge is 0.336 e. The van der Waals surface area contributed by atoms with Crippen LogP contribution in [-0.2, 0) is 22.3 Å². The second kappa shape index (κ2) is 13.9. The summed E-state index contributed by atoms with van der Waals surface area (Å²) in [5.41, 5.74) is 1.07. The van der Waals surface area contributed by atoms with Gasteiger partial charge in [-0.2, -0.15) is 0 Å². The van der Waals surface area contributed by atoms with E-state index in [1.54, 1.807) is 18.2 Å². The van der Waals surface area contributed by atoms with Crippen molar-refractivity contribution in [3.8, 4) is 0 Å². The largest absolute Gasteiger partial charge is 0.501 e. The van der Waals surface area contributed by atoms with E-state index in [0.29, 0.717) is 18.4 Å². The van der Waals surface area contributed by atoms with Crippen LogP contribution in [-0.4, -0.2) is 35.4 Å². The highest BCUT2D eigenvalue weighted by atomic mass is 16.5. The quantitative estimate of drug-likeness (QED) is 0.314. The Hall–Kier alpha value is -3.28. The Bertz CT molecular complexity index is 804. The van der Waals surface area contributed by atoms with Crippen molar-refractivity contribution in [1.82, 2.24) is 0 Å². The van der Waals surface area contributed by atoms with Gasteiger partial charge in [0.25, 0.3) is 0 Å². The fraction of sp³-hybridized carbons (Fsp3) is 0.385. The van der Waals surface area contributed by atoms with E-state index in [4.69, 9.17) is 14.6 Å². The summed E-state index contributed by atoms with van der Waals surface area (Å²) in [6.45, 7) is 15.8. The Kier molecular flexibility index (Phi) is 11.6. The maximum absolute atomic E-state index is 11.3. The molecule has 1 aliphatic rings. The number of hydrogen-bond donors (Lipinski definition) is 2. The molecule has 0 unspecified atom stereocenters. The van der Waals surface area contributed by atoms with E-state index in [1.165, 1.54) is 50.7 Å². The van der Waals surface area contributed by atoms with Crippen LogP contribution in [0.15, 0.2) is 63.1 Å². The third-order valence-electron chi connectivity index (χ3n) is 5.50. The molecule has 0 heterocycles. The van der Waals surface area contributed by atoms with Gasteiger partial charge in [0.15, 0.2) is 0 Å². The molecule has 0 radical (unpaired) electrons. The van der Waals surface area contributed by atoms with Crippen LogP contribution in [0.5, 0.6) is 0 Å². The van der Waals surface area contributed by atoms with Crippen LogP contribution < -0.4 is 0 Å². The van der Waals surface area contributed by atoms with E-state index in [9.17, 15) is 14.7 Å². The van der Waals surface area contributed by atoms with Gasteiger partial charge in [0.1, 0.15) is 0 Å². The van der Waals surface area contributed by atoms with E-state index in [0.717, 1.165) is 18.8 Å². The average Bonchev–Trinajstić information content (AvgIpc) is 2.78. The molecule has 2 N–H and O–H groups in total. The van der Waals surface area contributed by atoms with Crippen molar-refractivity contribution in [1.29, 1.82) is 0 Å². The summed E-state index contributed by atoms with van der Waals surface area (Å²) in [4.78, 5) is 22.3. The van der Waals surface area contributed by atoms with Crippen molar-refractivity contribution in [3.63, 3.8) is 0 Å². The molecule has 32 heavy (non-hydrogen) atoms. The maximum Gasteiger partial charge on any atom is 0.336 e. The minimum atomic E-state index is -1.25. The molecular weight excluding hydrogens is 408 g/mol. The molecule has 1 aromatic rings. The summed E-state index contributed by atoms with van der Waals surface area (Å²) in [6, 6.07) is 2.94. The molecule has 0 aliphatic heterocycles. The van der Waals surface area contributed by atoms with E-state index in [-0.39, 0.29) is 16.5 Å². The number of hydrogen-bond acceptors (Lipinski definition) is 4. The number of rotatable bonds is 12. The van der Waals surface area contributed by atoms with E-state index >= 15 is 0 Å². The van der Waals surface area contributed by atoms with Crippen molar-refractivity contribution in [2.24, 2.45) is 5.41 Å². The summed E-state index contributed by atoms with van der Waals surface area (Å²) in [5, 5.41) is 18.2. The van der Waals surface area contributed by atoms with Gasteiger partial charge in [-0.15, -0.1) is 13.2 Å². The van der Waals surface area contributed by atoms with Gasteiger partial charge in [0.05, 0.1) is 36.9 Å². The van der Waals surface area contributed by atoms with Crippen LogP contribution >= 0.6 is 0 Å². The maximum atomic E-state index is 11.3. The molecule has 6 nitrogen and oxygen atoms in total. The lowest BCUT2D eigenvalue weighted by Crippen LogP contribution is -2.33. The molecule has 0 amide bonds. The molecule has 0 bridgehead atoms. The Labute approximate surface area is 190 Å². The summed E-state index contributed by atoms with van der Waals surface area (Å²) in [6.07, 6.45) is 13.3. The lowest BCUT2D eigenvalue weighted by Gasteiger charge is -2.35. The predicted octanol–water partition coefficient (Wildman–Crippen LogP) is 5.80. The molecule has 0 spiro atoms. The van der Waals surface area contributed by atoms with Gasteiger partial charge in [-0.3, -0.25) is 0 Å². The number of allylic oxidation sites excluding steroid dienone is 2. The van der Waals surface area contributed by atoms with Crippen molar-refractivity contribution in [3.05, 3.63) is 85.4 Å². The molecule has 0 saturated heterocycles. The van der Waals surface area contributed by atoms with Crippen LogP contribution in [0, 0.1) is 5.41 Å². The lowest BCUT2D eigenvalue weighted by atomic mass is 9.75. The van der Waals surface area contributed by atoms with Crippen LogP contribution in [0.4, 0.5) is 0 Å². The van der Waals surface area contributed by atoms with E-state index in [1.807, 2.05) is 0 Å². The fourth-order valence-electron chi connectivity index (χ4n) is 3.94. The van der Waals surface area contributed by atoms with Crippen LogP contribution in [0.1, 0.15) is 63.9 Å². The molecule has 6 heteroatoms. The zero-order valence-corrected chi connectivity index (χ0v) is 18.7. The van der Waals surface area contributed by atoms with Gasteiger partial charge in [-0.05, 0) is 42.9 Å². The van der Waals surface area contributed by atoms with Crippen LogP contribution in [0.3, 0.4) is 0 Å². The molecule has 1 aliphatic carbocycles. The van der Waals surface area contributed by atoms with E-state index < -0.39 is 11.9 Å². The number of carboxylic acids is 2. The molecular formula is C26H34O6. The summed E-state index contributed by atoms with van der Waals surface area (Å²) < 4.78 is 10.6. The Morgan fingerprint density at radius 2 is 1.44 bits per heavy atom. The third-order valence-corrected chi connectivity index (χ3v) is 5.50. The van der Waals surface area contributed by atoms with Gasteiger partial charge in [-0.1, -0.05) is 50.6 Å². The lowest BCUT2D eigenvalue weighted by molar-refractivity contribution is 0.0107. The fourth-order valence-corrected chi connectivity index (χ4v) is 3.94. The number of carboxylic acid groups (broad SMARTS) is 2. The first-order valence-electron chi connectivity index (χ1n) is 10.6. The standard InChI is InChI=1S/C14H14O4.C12H20O2/c1-3-5-9-7-8-11(13(15)16)12(14(17)18)10(9)6-4-2;1-3-13-10-12(11-14-4-2)8-6-5-7-9-12/h3-4,7-8H,1-2,5-6H2,(H,15,16)(H,17,18);3-4H,1-2,5-11H2. The Morgan fingerprint density at radius 1 is 0.875 bits per heavy atom. The first-order chi connectivity index (χ1) is 15.4. The normalized spacial score (nSPS) is 14.1. The average molecular weight is 443 g/mol.